The van der Waals surface area contributed by atoms with Crippen LogP contribution in [0.4, 0.5) is 0 Å². The first kappa shape index (κ1) is 24.5. The summed E-state index contributed by atoms with van der Waals surface area (Å²) >= 11 is 1.61. The Morgan fingerprint density at radius 2 is 1.77 bits per heavy atom. The van der Waals surface area contributed by atoms with Gasteiger partial charge in [-0.05, 0) is 42.2 Å². The molecule has 2 aromatic rings. The first-order valence-corrected chi connectivity index (χ1v) is 11.4. The second kappa shape index (κ2) is 13.5. The number of rotatable bonds is 13. The molecule has 0 heterocycles. The smallest absolute Gasteiger partial charge is 0.330 e. The van der Waals surface area contributed by atoms with Crippen LogP contribution in [0.2, 0.25) is 0 Å². The van der Waals surface area contributed by atoms with E-state index >= 15 is 0 Å². The summed E-state index contributed by atoms with van der Waals surface area (Å²) in [6.07, 6.45) is 1.26. The van der Waals surface area contributed by atoms with Gasteiger partial charge in [-0.3, -0.25) is 4.79 Å². The van der Waals surface area contributed by atoms with Crippen molar-refractivity contribution in [1.29, 1.82) is 0 Å². The van der Waals surface area contributed by atoms with Gasteiger partial charge in [-0.1, -0.05) is 50.8 Å². The Labute approximate surface area is 188 Å². The van der Waals surface area contributed by atoms with Crippen molar-refractivity contribution in [3.05, 3.63) is 72.8 Å². The third-order valence-electron chi connectivity index (χ3n) is 4.40. The minimum absolute atomic E-state index is 0.155. The summed E-state index contributed by atoms with van der Waals surface area (Å²) in [5.74, 6) is 0.933. The van der Waals surface area contributed by atoms with Crippen LogP contribution in [-0.2, 0) is 19.1 Å². The van der Waals surface area contributed by atoms with E-state index in [1.807, 2.05) is 54.6 Å². The van der Waals surface area contributed by atoms with Crippen molar-refractivity contribution in [3.8, 4) is 5.75 Å². The van der Waals surface area contributed by atoms with E-state index in [1.165, 1.54) is 5.56 Å². The third-order valence-corrected chi connectivity index (χ3v) is 5.54. The minimum atomic E-state index is -0.498. The lowest BCUT2D eigenvalue weighted by atomic mass is 10.0. The van der Waals surface area contributed by atoms with Crippen molar-refractivity contribution >= 4 is 23.7 Å². The molecule has 5 nitrogen and oxygen atoms in total. The molecular formula is C25H30O5S. The summed E-state index contributed by atoms with van der Waals surface area (Å²) in [5, 5.41) is 0. The van der Waals surface area contributed by atoms with Gasteiger partial charge >= 0.3 is 11.9 Å². The van der Waals surface area contributed by atoms with E-state index in [1.54, 1.807) is 11.8 Å². The molecule has 0 saturated heterocycles. The minimum Gasteiger partial charge on any atom is -0.490 e. The maximum absolute atomic E-state index is 12.3. The largest absolute Gasteiger partial charge is 0.490 e. The molecule has 1 unspecified atom stereocenters. The summed E-state index contributed by atoms with van der Waals surface area (Å²) < 4.78 is 16.4. The number of hydrogen-bond acceptors (Lipinski definition) is 6. The number of carbonyl (C=O) groups is 2. The van der Waals surface area contributed by atoms with Crippen molar-refractivity contribution in [2.45, 2.75) is 43.6 Å². The van der Waals surface area contributed by atoms with Crippen LogP contribution < -0.4 is 4.74 Å². The van der Waals surface area contributed by atoms with Crippen molar-refractivity contribution in [2.24, 2.45) is 0 Å². The van der Waals surface area contributed by atoms with Crippen LogP contribution in [-0.4, -0.2) is 37.0 Å². The van der Waals surface area contributed by atoms with E-state index < -0.39 is 12.1 Å². The Balaban J connectivity index is 1.88. The molecule has 0 bridgehead atoms. The Hall–Kier alpha value is -2.73. The molecule has 2 rings (SSSR count). The van der Waals surface area contributed by atoms with Gasteiger partial charge in [-0.15, -0.1) is 11.8 Å². The highest BCUT2D eigenvalue weighted by molar-refractivity contribution is 7.99. The molecule has 0 radical (unpaired) electrons. The van der Waals surface area contributed by atoms with Crippen LogP contribution in [0.25, 0.3) is 0 Å². The van der Waals surface area contributed by atoms with Crippen molar-refractivity contribution in [3.63, 3.8) is 0 Å². The van der Waals surface area contributed by atoms with Gasteiger partial charge < -0.3 is 14.2 Å². The van der Waals surface area contributed by atoms with Gasteiger partial charge in [0, 0.05) is 23.1 Å². The number of hydrogen-bond donors (Lipinski definition) is 0. The van der Waals surface area contributed by atoms with Crippen LogP contribution >= 0.6 is 11.8 Å². The van der Waals surface area contributed by atoms with Crippen molar-refractivity contribution < 1.29 is 23.8 Å². The molecule has 166 valence electrons. The summed E-state index contributed by atoms with van der Waals surface area (Å²) in [4.78, 5) is 24.4. The summed E-state index contributed by atoms with van der Waals surface area (Å²) in [6.45, 7) is 8.04. The fourth-order valence-electron chi connectivity index (χ4n) is 2.65. The Morgan fingerprint density at radius 1 is 1.06 bits per heavy atom. The first-order valence-electron chi connectivity index (χ1n) is 10.4. The van der Waals surface area contributed by atoms with Gasteiger partial charge in [0.25, 0.3) is 0 Å². The SMILES string of the molecule is C=CC(=O)OCCCC(=O)OC(COc1ccc(C(C)C)cc1)CSc1ccccc1. The van der Waals surface area contributed by atoms with E-state index in [4.69, 9.17) is 14.2 Å². The molecular weight excluding hydrogens is 412 g/mol. The molecule has 1 atom stereocenters. The van der Waals surface area contributed by atoms with Crippen LogP contribution in [0.3, 0.4) is 0 Å². The molecule has 0 saturated carbocycles. The van der Waals surface area contributed by atoms with Gasteiger partial charge in [0.1, 0.15) is 18.5 Å². The molecule has 6 heteroatoms. The second-order valence-corrected chi connectivity index (χ2v) is 8.34. The van der Waals surface area contributed by atoms with E-state index in [9.17, 15) is 9.59 Å². The summed E-state index contributed by atoms with van der Waals surface area (Å²) in [5.41, 5.74) is 1.24. The standard InChI is InChI=1S/C25H30O5S/c1-4-24(26)28-16-8-11-25(27)30-22(18-31-23-9-6-5-7-10-23)17-29-21-14-12-20(13-15-21)19(2)3/h4-7,9-10,12-15,19,22H,1,8,11,16-18H2,2-3H3. The van der Waals surface area contributed by atoms with Crippen LogP contribution in [0.15, 0.2) is 72.1 Å². The first-order chi connectivity index (χ1) is 15.0. The number of benzene rings is 2. The number of carbonyl (C=O) groups excluding carboxylic acids is 2. The Bertz CT molecular complexity index is 818. The highest BCUT2D eigenvalue weighted by Crippen LogP contribution is 2.22. The van der Waals surface area contributed by atoms with Gasteiger partial charge in [0.05, 0.1) is 6.61 Å². The van der Waals surface area contributed by atoms with E-state index in [0.29, 0.717) is 18.1 Å². The zero-order valence-corrected chi connectivity index (χ0v) is 18.9. The summed E-state index contributed by atoms with van der Waals surface area (Å²) in [6, 6.07) is 17.9. The van der Waals surface area contributed by atoms with Gasteiger partial charge in [0.2, 0.25) is 0 Å². The lowest BCUT2D eigenvalue weighted by Gasteiger charge is -2.19. The van der Waals surface area contributed by atoms with E-state index in [-0.39, 0.29) is 25.6 Å². The zero-order valence-electron chi connectivity index (χ0n) is 18.1. The fourth-order valence-corrected chi connectivity index (χ4v) is 3.55. The maximum Gasteiger partial charge on any atom is 0.330 e. The number of ether oxygens (including phenoxy) is 3. The van der Waals surface area contributed by atoms with Crippen LogP contribution in [0.5, 0.6) is 5.75 Å². The molecule has 0 fully saturated rings. The molecule has 0 aromatic heterocycles. The van der Waals surface area contributed by atoms with Crippen molar-refractivity contribution in [2.75, 3.05) is 19.0 Å². The normalized spacial score (nSPS) is 11.6. The highest BCUT2D eigenvalue weighted by Gasteiger charge is 2.16. The lowest BCUT2D eigenvalue weighted by molar-refractivity contribution is -0.150. The summed E-state index contributed by atoms with van der Waals surface area (Å²) in [7, 11) is 0. The van der Waals surface area contributed by atoms with E-state index in [0.717, 1.165) is 16.7 Å². The quantitative estimate of drug-likeness (QED) is 0.179. The second-order valence-electron chi connectivity index (χ2n) is 7.25. The molecule has 2 aromatic carbocycles. The van der Waals surface area contributed by atoms with Gasteiger partial charge in [-0.25, -0.2) is 4.79 Å². The Morgan fingerprint density at radius 3 is 2.42 bits per heavy atom. The predicted octanol–water partition coefficient (Wildman–Crippen LogP) is 5.40. The number of thioether (sulfide) groups is 1. The monoisotopic (exact) mass is 442 g/mol. The zero-order chi connectivity index (χ0) is 22.5. The molecule has 0 aliphatic carbocycles. The highest BCUT2D eigenvalue weighted by atomic mass is 32.2. The van der Waals surface area contributed by atoms with Crippen molar-refractivity contribution in [1.82, 2.24) is 0 Å². The molecule has 31 heavy (non-hydrogen) atoms. The predicted molar refractivity (Wildman–Crippen MR) is 123 cm³/mol. The molecule has 0 aliphatic rings. The molecule has 0 spiro atoms. The fraction of sp³-hybridized carbons (Fsp3) is 0.360. The third kappa shape index (κ3) is 9.75. The van der Waals surface area contributed by atoms with Crippen LogP contribution in [0.1, 0.15) is 38.2 Å². The average Bonchev–Trinajstić information content (AvgIpc) is 2.79. The molecule has 0 N–H and O–H groups in total. The number of esters is 2. The maximum atomic E-state index is 12.3. The lowest BCUT2D eigenvalue weighted by Crippen LogP contribution is -2.27. The van der Waals surface area contributed by atoms with Gasteiger partial charge in [0.15, 0.2) is 0 Å². The van der Waals surface area contributed by atoms with Gasteiger partial charge in [-0.2, -0.15) is 0 Å². The average molecular weight is 443 g/mol. The molecule has 0 amide bonds. The Kier molecular flexibility index (Phi) is 10.7. The van der Waals surface area contributed by atoms with Crippen LogP contribution in [0, 0.1) is 0 Å². The molecule has 0 aliphatic heterocycles. The van der Waals surface area contributed by atoms with E-state index in [2.05, 4.69) is 20.4 Å². The topological polar surface area (TPSA) is 61.8 Å².